The Kier molecular flexibility index (Phi) is 9.85. The predicted octanol–water partition coefficient (Wildman–Crippen LogP) is 4.26. The summed E-state index contributed by atoms with van der Waals surface area (Å²) in [5, 5.41) is 2.90. The molecular weight excluding hydrogens is 415 g/mol. The Hall–Kier alpha value is -2.54. The van der Waals surface area contributed by atoms with E-state index < -0.39 is 6.04 Å². The Morgan fingerprint density at radius 1 is 1.13 bits per heavy atom. The smallest absolute Gasteiger partial charge is 0.242 e. The molecule has 7 heteroatoms. The van der Waals surface area contributed by atoms with Crippen molar-refractivity contribution in [2.75, 3.05) is 19.4 Å². The molecule has 2 aromatic rings. The maximum absolute atomic E-state index is 13.8. The standard InChI is InChI=1S/C24H31FN2O3S/c1-17(2)13-26-24(29)18(3)27(14-19-8-7-10-21(12-19)30-4)23(28)16-31-15-20-9-5-6-11-22(20)25/h5-12,17-18H,13-16H2,1-4H3,(H,26,29)/t18-/m1/s1. The maximum Gasteiger partial charge on any atom is 0.242 e. The van der Waals surface area contributed by atoms with Crippen molar-refractivity contribution in [2.45, 2.75) is 39.1 Å². The van der Waals surface area contributed by atoms with E-state index in [0.717, 1.165) is 5.56 Å². The molecule has 0 aliphatic carbocycles. The molecule has 0 unspecified atom stereocenters. The highest BCUT2D eigenvalue weighted by atomic mass is 32.2. The van der Waals surface area contributed by atoms with E-state index in [4.69, 9.17) is 4.74 Å². The molecule has 1 N–H and O–H groups in total. The van der Waals surface area contributed by atoms with Crippen molar-refractivity contribution in [3.63, 3.8) is 0 Å². The van der Waals surface area contributed by atoms with Gasteiger partial charge in [-0.1, -0.05) is 44.2 Å². The van der Waals surface area contributed by atoms with Crippen molar-refractivity contribution in [2.24, 2.45) is 5.92 Å². The quantitative estimate of drug-likeness (QED) is 0.560. The number of carbonyl (C=O) groups excluding carboxylic acids is 2. The van der Waals surface area contributed by atoms with Crippen LogP contribution in [0.1, 0.15) is 31.9 Å². The third-order valence-electron chi connectivity index (χ3n) is 4.78. The van der Waals surface area contributed by atoms with Crippen molar-refractivity contribution in [1.29, 1.82) is 0 Å². The minimum Gasteiger partial charge on any atom is -0.497 e. The molecule has 2 rings (SSSR count). The van der Waals surface area contributed by atoms with Crippen molar-refractivity contribution in [1.82, 2.24) is 10.2 Å². The predicted molar refractivity (Wildman–Crippen MR) is 123 cm³/mol. The Labute approximate surface area is 188 Å². The summed E-state index contributed by atoms with van der Waals surface area (Å²) in [6, 6.07) is 13.3. The third-order valence-corrected chi connectivity index (χ3v) is 5.75. The molecule has 31 heavy (non-hydrogen) atoms. The molecule has 0 saturated carbocycles. The molecule has 0 saturated heterocycles. The van der Waals surface area contributed by atoms with Crippen LogP contribution in [0, 0.1) is 11.7 Å². The van der Waals surface area contributed by atoms with Crippen molar-refractivity contribution >= 4 is 23.6 Å². The number of rotatable bonds is 11. The van der Waals surface area contributed by atoms with Crippen molar-refractivity contribution in [3.8, 4) is 5.75 Å². The summed E-state index contributed by atoms with van der Waals surface area (Å²) in [6.07, 6.45) is 0. The zero-order valence-corrected chi connectivity index (χ0v) is 19.4. The molecule has 0 radical (unpaired) electrons. The van der Waals surface area contributed by atoms with Crippen LogP contribution >= 0.6 is 11.8 Å². The van der Waals surface area contributed by atoms with Crippen LogP contribution in [-0.4, -0.2) is 42.2 Å². The topological polar surface area (TPSA) is 58.6 Å². The highest BCUT2D eigenvalue weighted by Gasteiger charge is 2.26. The van der Waals surface area contributed by atoms with Gasteiger partial charge in [-0.3, -0.25) is 9.59 Å². The summed E-state index contributed by atoms with van der Waals surface area (Å²) in [7, 11) is 1.59. The Morgan fingerprint density at radius 2 is 1.87 bits per heavy atom. The van der Waals surface area contributed by atoms with E-state index in [9.17, 15) is 14.0 Å². The van der Waals surface area contributed by atoms with E-state index in [-0.39, 0.29) is 29.9 Å². The first kappa shape index (κ1) is 24.7. The number of hydrogen-bond donors (Lipinski definition) is 1. The molecule has 5 nitrogen and oxygen atoms in total. The molecule has 2 amide bonds. The monoisotopic (exact) mass is 446 g/mol. The number of amides is 2. The fraction of sp³-hybridized carbons (Fsp3) is 0.417. The SMILES string of the molecule is COc1cccc(CN(C(=O)CSCc2ccccc2F)[C@H](C)C(=O)NCC(C)C)c1. The van der Waals surface area contributed by atoms with Gasteiger partial charge >= 0.3 is 0 Å². The lowest BCUT2D eigenvalue weighted by atomic mass is 10.1. The van der Waals surface area contributed by atoms with Crippen LogP contribution in [0.4, 0.5) is 4.39 Å². The summed E-state index contributed by atoms with van der Waals surface area (Å²) in [6.45, 7) is 6.60. The molecule has 0 spiro atoms. The zero-order chi connectivity index (χ0) is 22.8. The fourth-order valence-corrected chi connectivity index (χ4v) is 3.85. The number of nitrogens with one attached hydrogen (secondary N) is 1. The average molecular weight is 447 g/mol. The number of ether oxygens (including phenoxy) is 1. The molecule has 1 atom stereocenters. The highest BCUT2D eigenvalue weighted by molar-refractivity contribution is 7.99. The summed E-state index contributed by atoms with van der Waals surface area (Å²) >= 11 is 1.33. The van der Waals surface area contributed by atoms with E-state index in [0.29, 0.717) is 29.5 Å². The molecule has 0 aliphatic rings. The van der Waals surface area contributed by atoms with Gasteiger partial charge in [0.1, 0.15) is 17.6 Å². The highest BCUT2D eigenvalue weighted by Crippen LogP contribution is 2.19. The van der Waals surface area contributed by atoms with Gasteiger partial charge in [0.2, 0.25) is 11.8 Å². The van der Waals surface area contributed by atoms with Gasteiger partial charge in [0, 0.05) is 18.8 Å². The maximum atomic E-state index is 13.8. The molecule has 2 aromatic carbocycles. The number of thioether (sulfide) groups is 1. The van der Waals surface area contributed by atoms with Crippen molar-refractivity contribution in [3.05, 3.63) is 65.5 Å². The van der Waals surface area contributed by atoms with Gasteiger partial charge in [0.15, 0.2) is 0 Å². The first-order chi connectivity index (χ1) is 14.8. The second-order valence-electron chi connectivity index (χ2n) is 7.77. The van der Waals surface area contributed by atoms with Crippen LogP contribution in [0.15, 0.2) is 48.5 Å². The lowest BCUT2D eigenvalue weighted by molar-refractivity contribution is -0.138. The summed E-state index contributed by atoms with van der Waals surface area (Å²) in [4.78, 5) is 27.3. The second kappa shape index (κ2) is 12.3. The number of methoxy groups -OCH3 is 1. The van der Waals surface area contributed by atoms with Gasteiger partial charge in [-0.25, -0.2) is 4.39 Å². The minimum absolute atomic E-state index is 0.153. The number of carbonyl (C=O) groups is 2. The molecule has 168 valence electrons. The van der Waals surface area contributed by atoms with Gasteiger partial charge < -0.3 is 15.0 Å². The van der Waals surface area contributed by atoms with Gasteiger partial charge in [-0.15, -0.1) is 11.8 Å². The summed E-state index contributed by atoms with van der Waals surface area (Å²) in [5.74, 6) is 0.905. The van der Waals surface area contributed by atoms with Gasteiger partial charge in [-0.05, 0) is 42.2 Å². The Balaban J connectivity index is 2.10. The van der Waals surface area contributed by atoms with Crippen LogP contribution in [-0.2, 0) is 21.9 Å². The van der Waals surface area contributed by atoms with Crippen LogP contribution in [0.3, 0.4) is 0 Å². The molecule has 0 aromatic heterocycles. The van der Waals surface area contributed by atoms with E-state index in [1.165, 1.54) is 17.8 Å². The number of benzene rings is 2. The lowest BCUT2D eigenvalue weighted by Gasteiger charge is -2.29. The van der Waals surface area contributed by atoms with Crippen LogP contribution in [0.25, 0.3) is 0 Å². The van der Waals surface area contributed by atoms with Gasteiger partial charge in [-0.2, -0.15) is 0 Å². The molecule has 0 heterocycles. The van der Waals surface area contributed by atoms with Crippen LogP contribution < -0.4 is 10.1 Å². The van der Waals surface area contributed by atoms with E-state index in [1.807, 2.05) is 38.1 Å². The third kappa shape index (κ3) is 7.90. The van der Waals surface area contributed by atoms with Gasteiger partial charge in [0.25, 0.3) is 0 Å². The lowest BCUT2D eigenvalue weighted by Crippen LogP contribution is -2.48. The van der Waals surface area contributed by atoms with Crippen LogP contribution in [0.5, 0.6) is 5.75 Å². The van der Waals surface area contributed by atoms with Gasteiger partial charge in [0.05, 0.1) is 12.9 Å². The molecule has 0 aliphatic heterocycles. The second-order valence-corrected chi connectivity index (χ2v) is 8.76. The fourth-order valence-electron chi connectivity index (χ4n) is 2.95. The van der Waals surface area contributed by atoms with E-state index in [1.54, 1.807) is 37.1 Å². The number of halogens is 1. The molecule has 0 fully saturated rings. The zero-order valence-electron chi connectivity index (χ0n) is 18.6. The average Bonchev–Trinajstić information content (AvgIpc) is 2.76. The Morgan fingerprint density at radius 3 is 2.55 bits per heavy atom. The first-order valence-corrected chi connectivity index (χ1v) is 11.5. The summed E-state index contributed by atoms with van der Waals surface area (Å²) in [5.41, 5.74) is 1.43. The minimum atomic E-state index is -0.633. The summed E-state index contributed by atoms with van der Waals surface area (Å²) < 4.78 is 19.1. The molecule has 0 bridgehead atoms. The normalized spacial score (nSPS) is 11.8. The number of nitrogens with zero attached hydrogens (tertiary/aromatic N) is 1. The molecular formula is C24H31FN2O3S. The first-order valence-electron chi connectivity index (χ1n) is 10.3. The Bertz CT molecular complexity index is 875. The van der Waals surface area contributed by atoms with Crippen LogP contribution in [0.2, 0.25) is 0 Å². The van der Waals surface area contributed by atoms with E-state index in [2.05, 4.69) is 5.32 Å². The largest absolute Gasteiger partial charge is 0.497 e. The van der Waals surface area contributed by atoms with E-state index >= 15 is 0 Å². The van der Waals surface area contributed by atoms with Crippen molar-refractivity contribution < 1.29 is 18.7 Å². The number of hydrogen-bond acceptors (Lipinski definition) is 4.